The van der Waals surface area contributed by atoms with Crippen LogP contribution in [0.4, 0.5) is 11.6 Å². The van der Waals surface area contributed by atoms with E-state index in [1.54, 1.807) is 0 Å². The van der Waals surface area contributed by atoms with Gasteiger partial charge in [-0.2, -0.15) is 0 Å². The van der Waals surface area contributed by atoms with Crippen LogP contribution in [0.3, 0.4) is 0 Å². The van der Waals surface area contributed by atoms with Gasteiger partial charge in [-0.05, 0) is 11.8 Å². The third-order valence-electron chi connectivity index (χ3n) is 3.47. The topological polar surface area (TPSA) is 85.3 Å². The maximum absolute atomic E-state index is 10.8. The molecule has 2 aromatic rings. The van der Waals surface area contributed by atoms with Crippen molar-refractivity contribution in [3.8, 4) is 0 Å². The smallest absolute Gasteiger partial charge is 0.233 e. The van der Waals surface area contributed by atoms with Gasteiger partial charge in [0.1, 0.15) is 11.6 Å². The number of fused-ring (bicyclic) bond motifs is 1. The fourth-order valence-electron chi connectivity index (χ4n) is 2.39. The molecule has 0 unspecified atom stereocenters. The molecule has 98 valence electrons. The number of nitrogens with zero attached hydrogens (tertiary/aromatic N) is 3. The predicted octanol–water partition coefficient (Wildman–Crippen LogP) is 1.80. The van der Waals surface area contributed by atoms with Crippen LogP contribution < -0.4 is 10.6 Å². The molecule has 6 nitrogen and oxygen atoms in total. The second kappa shape index (κ2) is 4.38. The normalized spacial score (nSPS) is 14.4. The first kappa shape index (κ1) is 11.7. The van der Waals surface area contributed by atoms with Crippen molar-refractivity contribution in [3.05, 3.63) is 39.9 Å². The first-order valence-electron chi connectivity index (χ1n) is 6.20. The zero-order valence-corrected chi connectivity index (χ0v) is 10.4. The SMILES string of the molecule is Nc1nc(N2CCC2)c2ccccc2c1C[N+](=O)[O-]. The molecule has 1 aliphatic heterocycles. The van der Waals surface area contributed by atoms with Crippen LogP contribution in [0.25, 0.3) is 10.8 Å². The minimum absolute atomic E-state index is 0.261. The van der Waals surface area contributed by atoms with Crippen LogP contribution in [0.1, 0.15) is 12.0 Å². The van der Waals surface area contributed by atoms with Crippen LogP contribution in [0.2, 0.25) is 0 Å². The molecule has 0 saturated carbocycles. The van der Waals surface area contributed by atoms with Crippen molar-refractivity contribution in [2.45, 2.75) is 13.0 Å². The molecule has 0 aliphatic carbocycles. The molecule has 0 spiro atoms. The lowest BCUT2D eigenvalue weighted by Gasteiger charge is -2.33. The van der Waals surface area contributed by atoms with E-state index in [0.717, 1.165) is 36.1 Å². The summed E-state index contributed by atoms with van der Waals surface area (Å²) in [5.74, 6) is 1.10. The third-order valence-corrected chi connectivity index (χ3v) is 3.47. The highest BCUT2D eigenvalue weighted by Gasteiger charge is 2.22. The van der Waals surface area contributed by atoms with E-state index in [9.17, 15) is 10.1 Å². The van der Waals surface area contributed by atoms with Crippen LogP contribution in [0.15, 0.2) is 24.3 Å². The van der Waals surface area contributed by atoms with E-state index in [0.29, 0.717) is 5.56 Å². The summed E-state index contributed by atoms with van der Waals surface area (Å²) < 4.78 is 0. The van der Waals surface area contributed by atoms with Gasteiger partial charge in [0.05, 0.1) is 5.56 Å². The number of hydrogen-bond donors (Lipinski definition) is 1. The lowest BCUT2D eigenvalue weighted by Crippen LogP contribution is -2.38. The number of nitrogens with two attached hydrogens (primary N) is 1. The van der Waals surface area contributed by atoms with Gasteiger partial charge in [0, 0.05) is 23.4 Å². The number of rotatable bonds is 3. The number of pyridine rings is 1. The van der Waals surface area contributed by atoms with Crippen molar-refractivity contribution < 1.29 is 4.92 Å². The Kier molecular flexibility index (Phi) is 2.70. The second-order valence-electron chi connectivity index (χ2n) is 4.68. The molecular weight excluding hydrogens is 244 g/mol. The van der Waals surface area contributed by atoms with Crippen LogP contribution in [0.5, 0.6) is 0 Å². The average Bonchev–Trinajstić information content (AvgIpc) is 2.31. The highest BCUT2D eigenvalue weighted by atomic mass is 16.6. The Hall–Kier alpha value is -2.37. The van der Waals surface area contributed by atoms with Crippen molar-refractivity contribution >= 4 is 22.4 Å². The van der Waals surface area contributed by atoms with E-state index in [4.69, 9.17) is 5.73 Å². The molecule has 1 fully saturated rings. The predicted molar refractivity (Wildman–Crippen MR) is 73.7 cm³/mol. The Morgan fingerprint density at radius 2 is 2.00 bits per heavy atom. The molecule has 0 amide bonds. The van der Waals surface area contributed by atoms with E-state index < -0.39 is 0 Å². The maximum Gasteiger partial charge on any atom is 0.233 e. The van der Waals surface area contributed by atoms with Crippen molar-refractivity contribution in [1.29, 1.82) is 0 Å². The second-order valence-corrected chi connectivity index (χ2v) is 4.68. The van der Waals surface area contributed by atoms with Crippen molar-refractivity contribution in [1.82, 2.24) is 4.98 Å². The summed E-state index contributed by atoms with van der Waals surface area (Å²) >= 11 is 0. The molecule has 6 heteroatoms. The molecule has 0 bridgehead atoms. The molecule has 1 aromatic heterocycles. The van der Waals surface area contributed by atoms with E-state index >= 15 is 0 Å². The summed E-state index contributed by atoms with van der Waals surface area (Å²) in [7, 11) is 0. The fraction of sp³-hybridized carbons (Fsp3) is 0.308. The van der Waals surface area contributed by atoms with Gasteiger partial charge in [-0.3, -0.25) is 10.1 Å². The number of hydrogen-bond acceptors (Lipinski definition) is 5. The number of aromatic nitrogens is 1. The van der Waals surface area contributed by atoms with Gasteiger partial charge in [-0.15, -0.1) is 0 Å². The summed E-state index contributed by atoms with van der Waals surface area (Å²) in [4.78, 5) is 16.9. The zero-order chi connectivity index (χ0) is 13.4. The van der Waals surface area contributed by atoms with Crippen molar-refractivity contribution in [2.75, 3.05) is 23.7 Å². The highest BCUT2D eigenvalue weighted by Crippen LogP contribution is 2.33. The van der Waals surface area contributed by atoms with Gasteiger partial charge >= 0.3 is 0 Å². The first-order valence-corrected chi connectivity index (χ1v) is 6.20. The quantitative estimate of drug-likeness (QED) is 0.670. The third kappa shape index (κ3) is 1.95. The van der Waals surface area contributed by atoms with Crippen LogP contribution in [-0.4, -0.2) is 23.0 Å². The number of benzene rings is 1. The molecular formula is C13H14N4O2. The van der Waals surface area contributed by atoms with Gasteiger partial charge in [-0.25, -0.2) is 4.98 Å². The largest absolute Gasteiger partial charge is 0.383 e. The van der Waals surface area contributed by atoms with Crippen LogP contribution in [-0.2, 0) is 6.54 Å². The summed E-state index contributed by atoms with van der Waals surface area (Å²) in [6.07, 6.45) is 1.15. The summed E-state index contributed by atoms with van der Waals surface area (Å²) in [6.45, 7) is 1.63. The zero-order valence-electron chi connectivity index (χ0n) is 10.4. The highest BCUT2D eigenvalue weighted by molar-refractivity contribution is 5.97. The molecule has 19 heavy (non-hydrogen) atoms. The molecule has 2 N–H and O–H groups in total. The average molecular weight is 258 g/mol. The van der Waals surface area contributed by atoms with Crippen LogP contribution >= 0.6 is 0 Å². The molecule has 1 saturated heterocycles. The summed E-state index contributed by atoms with van der Waals surface area (Å²) in [5.41, 5.74) is 6.41. The standard InChI is InChI=1S/C13H14N4O2/c14-12-11(8-17(18)19)9-4-1-2-5-10(9)13(15-12)16-6-3-7-16/h1-2,4-5H,3,6-8H2,(H2,14,15). The Balaban J connectivity index is 2.22. The Morgan fingerprint density at radius 3 is 2.58 bits per heavy atom. The Labute approximate surface area is 110 Å². The van der Waals surface area contributed by atoms with E-state index in [1.807, 2.05) is 24.3 Å². The molecule has 3 rings (SSSR count). The van der Waals surface area contributed by atoms with Gasteiger partial charge in [-0.1, -0.05) is 24.3 Å². The molecule has 0 radical (unpaired) electrons. The minimum Gasteiger partial charge on any atom is -0.383 e. The lowest BCUT2D eigenvalue weighted by atomic mass is 10.0. The van der Waals surface area contributed by atoms with Crippen LogP contribution in [0, 0.1) is 10.1 Å². The number of nitrogen functional groups attached to an aromatic ring is 1. The Bertz CT molecular complexity index is 652. The summed E-state index contributed by atoms with van der Waals surface area (Å²) in [6, 6.07) is 7.60. The minimum atomic E-state index is -0.372. The molecule has 0 atom stereocenters. The van der Waals surface area contributed by atoms with Gasteiger partial charge < -0.3 is 10.6 Å². The van der Waals surface area contributed by atoms with E-state index in [-0.39, 0.29) is 17.3 Å². The Morgan fingerprint density at radius 1 is 1.32 bits per heavy atom. The molecule has 1 aliphatic rings. The monoisotopic (exact) mass is 258 g/mol. The van der Waals surface area contributed by atoms with E-state index in [2.05, 4.69) is 9.88 Å². The fourth-order valence-corrected chi connectivity index (χ4v) is 2.39. The van der Waals surface area contributed by atoms with E-state index in [1.165, 1.54) is 0 Å². The number of anilines is 2. The summed E-state index contributed by atoms with van der Waals surface area (Å²) in [5, 5.41) is 12.5. The van der Waals surface area contributed by atoms with Gasteiger partial charge in [0.15, 0.2) is 0 Å². The van der Waals surface area contributed by atoms with Crippen molar-refractivity contribution in [3.63, 3.8) is 0 Å². The molecule has 1 aromatic carbocycles. The van der Waals surface area contributed by atoms with Gasteiger partial charge in [0.2, 0.25) is 6.54 Å². The van der Waals surface area contributed by atoms with Crippen molar-refractivity contribution in [2.24, 2.45) is 0 Å². The maximum atomic E-state index is 10.8. The number of nitro groups is 1. The first-order chi connectivity index (χ1) is 9.16. The lowest BCUT2D eigenvalue weighted by molar-refractivity contribution is -0.496. The molecule has 2 heterocycles. The van der Waals surface area contributed by atoms with Gasteiger partial charge in [0.25, 0.3) is 0 Å².